The summed E-state index contributed by atoms with van der Waals surface area (Å²) in [4.78, 5) is 17.3. The second kappa shape index (κ2) is 11.2. The number of likely N-dealkylation sites (N-methyl/N-ethyl adjacent to an activating group) is 1. The molecular formula is C25H30Cl2N8O2. The van der Waals surface area contributed by atoms with Crippen LogP contribution in [0.1, 0.15) is 29.8 Å². The molecule has 0 radical (unpaired) electrons. The first-order valence-corrected chi connectivity index (χ1v) is 12.4. The molecule has 4 rings (SSSR count). The summed E-state index contributed by atoms with van der Waals surface area (Å²) in [6.45, 7) is 5.37. The summed E-state index contributed by atoms with van der Waals surface area (Å²) in [7, 11) is 3.80. The molecule has 1 saturated heterocycles. The number of halogens is 2. The molecule has 1 aliphatic rings. The van der Waals surface area contributed by atoms with Crippen molar-refractivity contribution in [2.45, 2.75) is 18.7 Å². The fourth-order valence-corrected chi connectivity index (χ4v) is 4.73. The number of nitrogens with one attached hydrogen (secondary N) is 1. The highest BCUT2D eigenvalue weighted by Crippen LogP contribution is 2.32. The maximum absolute atomic E-state index is 8.71. The van der Waals surface area contributed by atoms with E-state index in [1.165, 1.54) is 12.4 Å². The third-order valence-corrected chi connectivity index (χ3v) is 7.16. The number of nitrogens with two attached hydrogens (primary N) is 2. The number of benzene rings is 1. The van der Waals surface area contributed by atoms with Crippen LogP contribution in [0.5, 0.6) is 5.75 Å². The Morgan fingerprint density at radius 2 is 1.84 bits per heavy atom. The van der Waals surface area contributed by atoms with Crippen molar-refractivity contribution in [1.29, 1.82) is 5.41 Å². The molecule has 1 atom stereocenters. The molecule has 0 spiro atoms. The Labute approximate surface area is 226 Å². The molecule has 1 aromatic carbocycles. The zero-order chi connectivity index (χ0) is 26.7. The Hall–Kier alpha value is -3.02. The summed E-state index contributed by atoms with van der Waals surface area (Å²) in [5, 5.41) is 9.31. The highest BCUT2D eigenvalue weighted by atomic mass is 35.5. The second-order valence-electron chi connectivity index (χ2n) is 9.22. The fourth-order valence-electron chi connectivity index (χ4n) is 4.15. The molecule has 10 nitrogen and oxygen atoms in total. The second-order valence-corrected chi connectivity index (χ2v) is 10.0. The van der Waals surface area contributed by atoms with E-state index >= 15 is 0 Å². The van der Waals surface area contributed by atoms with Gasteiger partial charge in [0.05, 0.1) is 27.9 Å². The Kier molecular flexibility index (Phi) is 8.15. The Balaban J connectivity index is 1.45. The molecule has 12 heteroatoms. The van der Waals surface area contributed by atoms with Crippen LogP contribution in [0.3, 0.4) is 0 Å². The number of rotatable bonds is 10. The molecule has 37 heavy (non-hydrogen) atoms. The predicted molar refractivity (Wildman–Crippen MR) is 146 cm³/mol. The van der Waals surface area contributed by atoms with Crippen LogP contribution < -0.4 is 21.1 Å². The zero-order valence-electron chi connectivity index (χ0n) is 20.9. The first kappa shape index (κ1) is 27.0. The largest absolute Gasteiger partial charge is 0.471 e. The highest BCUT2D eigenvalue weighted by molar-refractivity contribution is 6.35. The monoisotopic (exact) mass is 544 g/mol. The molecule has 0 unspecified atom stereocenters. The zero-order valence-corrected chi connectivity index (χ0v) is 22.4. The number of anilines is 2. The van der Waals surface area contributed by atoms with Gasteiger partial charge in [0.15, 0.2) is 6.23 Å². The Bertz CT molecular complexity index is 1250. The van der Waals surface area contributed by atoms with Gasteiger partial charge < -0.3 is 20.1 Å². The number of nitrogens with zero attached hydrogens (tertiary/aromatic N) is 5. The molecule has 3 aromatic rings. The standard InChI is InChI=1S/C25H30Cl2N8O2/c1-25(34(2)6-7-36-3)13-35(14-25)24-32-9-15(10-33-24)22(29)17-8-16(4-5-20(17)28)37-23(30)21-18(26)11-31-12-19(21)27/h4-5,8-12,23,29H,6-7,13-14,28,30H2,1-3H3/t23-/m0/s1. The van der Waals surface area contributed by atoms with E-state index < -0.39 is 6.23 Å². The topological polar surface area (TPSA) is 140 Å². The molecule has 0 aliphatic carbocycles. The SMILES string of the molecule is COCCN(C)C1(C)CN(c2ncc(C(=N)c3cc(O[C@H](N)c4c(Cl)cncc4Cl)ccc3N)cn2)C1. The van der Waals surface area contributed by atoms with Crippen LogP contribution in [-0.4, -0.2) is 71.5 Å². The van der Waals surface area contributed by atoms with Gasteiger partial charge in [-0.3, -0.25) is 21.0 Å². The van der Waals surface area contributed by atoms with Crippen LogP contribution in [0.4, 0.5) is 11.6 Å². The van der Waals surface area contributed by atoms with Gasteiger partial charge in [-0.1, -0.05) is 23.2 Å². The van der Waals surface area contributed by atoms with Gasteiger partial charge in [0.1, 0.15) is 5.75 Å². The normalized spacial score (nSPS) is 15.4. The molecule has 1 aliphatic heterocycles. The first-order valence-electron chi connectivity index (χ1n) is 11.6. The van der Waals surface area contributed by atoms with Gasteiger partial charge >= 0.3 is 0 Å². The highest BCUT2D eigenvalue weighted by Gasteiger charge is 2.43. The minimum absolute atomic E-state index is 0.0354. The van der Waals surface area contributed by atoms with Crippen LogP contribution in [0.15, 0.2) is 43.0 Å². The maximum atomic E-state index is 8.71. The molecule has 0 amide bonds. The molecule has 0 saturated carbocycles. The van der Waals surface area contributed by atoms with Crippen molar-refractivity contribution in [2.24, 2.45) is 5.73 Å². The number of ether oxygens (including phenoxy) is 2. The van der Waals surface area contributed by atoms with Crippen molar-refractivity contribution in [3.05, 3.63) is 69.7 Å². The van der Waals surface area contributed by atoms with Gasteiger partial charge in [-0.2, -0.15) is 0 Å². The summed E-state index contributed by atoms with van der Waals surface area (Å²) in [5.41, 5.74) is 14.4. The number of aromatic nitrogens is 3. The average molecular weight is 545 g/mol. The molecule has 0 bridgehead atoms. The Morgan fingerprint density at radius 1 is 1.19 bits per heavy atom. The minimum Gasteiger partial charge on any atom is -0.471 e. The van der Waals surface area contributed by atoms with Crippen LogP contribution in [0.25, 0.3) is 0 Å². The summed E-state index contributed by atoms with van der Waals surface area (Å²) in [6, 6.07) is 4.96. The van der Waals surface area contributed by atoms with Gasteiger partial charge in [0.2, 0.25) is 5.95 Å². The minimum atomic E-state index is -0.938. The third-order valence-electron chi connectivity index (χ3n) is 6.56. The van der Waals surface area contributed by atoms with E-state index in [0.29, 0.717) is 50.7 Å². The van der Waals surface area contributed by atoms with E-state index in [1.807, 2.05) is 0 Å². The quantitative estimate of drug-likeness (QED) is 0.199. The van der Waals surface area contributed by atoms with Gasteiger partial charge in [-0.05, 0) is 32.2 Å². The summed E-state index contributed by atoms with van der Waals surface area (Å²) < 4.78 is 11.0. The van der Waals surface area contributed by atoms with Crippen molar-refractivity contribution in [1.82, 2.24) is 19.9 Å². The van der Waals surface area contributed by atoms with E-state index in [4.69, 9.17) is 49.6 Å². The summed E-state index contributed by atoms with van der Waals surface area (Å²) in [5.74, 6) is 1.02. The van der Waals surface area contributed by atoms with E-state index in [-0.39, 0.29) is 11.3 Å². The lowest BCUT2D eigenvalue weighted by Gasteiger charge is -2.52. The van der Waals surface area contributed by atoms with Crippen LogP contribution in [0.2, 0.25) is 10.0 Å². The van der Waals surface area contributed by atoms with Crippen LogP contribution in [0, 0.1) is 5.41 Å². The van der Waals surface area contributed by atoms with E-state index in [1.54, 1.807) is 37.7 Å². The molecule has 1 fully saturated rings. The number of hydrogen-bond donors (Lipinski definition) is 3. The molecule has 3 heterocycles. The van der Waals surface area contributed by atoms with Crippen LogP contribution >= 0.6 is 23.2 Å². The smallest absolute Gasteiger partial charge is 0.225 e. The number of methoxy groups -OCH3 is 1. The number of hydrogen-bond acceptors (Lipinski definition) is 10. The predicted octanol–water partition coefficient (Wildman–Crippen LogP) is 3.37. The lowest BCUT2D eigenvalue weighted by molar-refractivity contribution is 0.0685. The third kappa shape index (κ3) is 5.78. The van der Waals surface area contributed by atoms with Crippen molar-refractivity contribution >= 4 is 40.5 Å². The number of nitrogen functional groups attached to an aromatic ring is 1. The van der Waals surface area contributed by atoms with E-state index in [9.17, 15) is 0 Å². The number of pyridine rings is 1. The summed E-state index contributed by atoms with van der Waals surface area (Å²) >= 11 is 12.4. The van der Waals surface area contributed by atoms with Crippen molar-refractivity contribution in [3.8, 4) is 5.75 Å². The van der Waals surface area contributed by atoms with Gasteiger partial charge in [0, 0.05) is 73.9 Å². The summed E-state index contributed by atoms with van der Waals surface area (Å²) in [6.07, 6.45) is 5.21. The maximum Gasteiger partial charge on any atom is 0.225 e. The molecular weight excluding hydrogens is 515 g/mol. The van der Waals surface area contributed by atoms with Crippen molar-refractivity contribution in [2.75, 3.05) is 51.0 Å². The molecule has 196 valence electrons. The van der Waals surface area contributed by atoms with Crippen LogP contribution in [-0.2, 0) is 4.74 Å². The van der Waals surface area contributed by atoms with E-state index in [2.05, 4.69) is 38.7 Å². The van der Waals surface area contributed by atoms with E-state index in [0.717, 1.165) is 19.6 Å². The Morgan fingerprint density at radius 3 is 2.46 bits per heavy atom. The molecule has 2 aromatic heterocycles. The van der Waals surface area contributed by atoms with Gasteiger partial charge in [-0.15, -0.1) is 0 Å². The van der Waals surface area contributed by atoms with Crippen molar-refractivity contribution < 1.29 is 9.47 Å². The van der Waals surface area contributed by atoms with Gasteiger partial charge in [0.25, 0.3) is 0 Å². The van der Waals surface area contributed by atoms with Gasteiger partial charge in [-0.25, -0.2) is 9.97 Å². The lowest BCUT2D eigenvalue weighted by atomic mass is 9.91. The lowest BCUT2D eigenvalue weighted by Crippen LogP contribution is -2.68. The first-order chi connectivity index (χ1) is 17.6. The molecule has 5 N–H and O–H groups in total. The van der Waals surface area contributed by atoms with Crippen molar-refractivity contribution in [3.63, 3.8) is 0 Å². The average Bonchev–Trinajstić information content (AvgIpc) is 2.86. The fraction of sp³-hybridized carbons (Fsp3) is 0.360.